The van der Waals surface area contributed by atoms with Crippen molar-refractivity contribution < 1.29 is 0 Å². The predicted octanol–water partition coefficient (Wildman–Crippen LogP) is 1.43. The lowest BCUT2D eigenvalue weighted by Crippen LogP contribution is -2.21. The van der Waals surface area contributed by atoms with Gasteiger partial charge in [-0.05, 0) is 19.1 Å². The molecular formula is C11H16N4. The number of pyridine rings is 1. The van der Waals surface area contributed by atoms with Crippen LogP contribution < -0.4 is 5.43 Å². The molecule has 4 nitrogen and oxygen atoms in total. The van der Waals surface area contributed by atoms with Gasteiger partial charge in [0.05, 0.1) is 11.4 Å². The maximum absolute atomic E-state index is 4.19. The molecule has 0 unspecified atom stereocenters. The highest BCUT2D eigenvalue weighted by Crippen LogP contribution is 1.96. The minimum Gasteiger partial charge on any atom is -0.364 e. The number of nitrogens with one attached hydrogen (secondary N) is 1. The second-order valence-corrected chi connectivity index (χ2v) is 3.37. The molecule has 1 N–H and O–H groups in total. The highest BCUT2D eigenvalue weighted by molar-refractivity contribution is 5.96. The zero-order chi connectivity index (χ0) is 11.3. The number of hydrazone groups is 1. The molecule has 0 aliphatic carbocycles. The lowest BCUT2D eigenvalue weighted by Gasteiger charge is -2.14. The van der Waals surface area contributed by atoms with Gasteiger partial charge in [-0.25, -0.2) is 0 Å². The third kappa shape index (κ3) is 3.42. The van der Waals surface area contributed by atoms with Gasteiger partial charge in [0.15, 0.2) is 0 Å². The van der Waals surface area contributed by atoms with Crippen LogP contribution in [0, 0.1) is 0 Å². The van der Waals surface area contributed by atoms with Crippen LogP contribution in [0.2, 0.25) is 0 Å². The molecule has 0 bridgehead atoms. The van der Waals surface area contributed by atoms with Crippen LogP contribution in [0.5, 0.6) is 0 Å². The van der Waals surface area contributed by atoms with E-state index < -0.39 is 0 Å². The fraction of sp³-hybridized carbons (Fsp3) is 0.273. The standard InChI is InChI=1S/C11H16N4/c1-9(11-7-5-6-8-12-11)13-14-10(2)15(3)4/h5-8,14H,2H2,1,3-4H3/b13-9+. The van der Waals surface area contributed by atoms with E-state index in [9.17, 15) is 0 Å². The first-order valence-corrected chi connectivity index (χ1v) is 4.69. The average Bonchev–Trinajstić information content (AvgIpc) is 2.26. The second-order valence-electron chi connectivity index (χ2n) is 3.37. The van der Waals surface area contributed by atoms with Gasteiger partial charge in [0.2, 0.25) is 0 Å². The summed E-state index contributed by atoms with van der Waals surface area (Å²) >= 11 is 0. The van der Waals surface area contributed by atoms with Gasteiger partial charge in [0.25, 0.3) is 0 Å². The van der Waals surface area contributed by atoms with E-state index in [0.29, 0.717) is 0 Å². The van der Waals surface area contributed by atoms with Crippen LogP contribution in [0.25, 0.3) is 0 Å². The number of aromatic nitrogens is 1. The van der Waals surface area contributed by atoms with Crippen LogP contribution in [-0.4, -0.2) is 29.7 Å². The Bertz CT molecular complexity index is 354. The SMILES string of the molecule is C=C(N/N=C(\C)c1ccccn1)N(C)C. The quantitative estimate of drug-likeness (QED) is 0.596. The molecule has 1 aromatic rings. The average molecular weight is 204 g/mol. The first-order chi connectivity index (χ1) is 7.11. The summed E-state index contributed by atoms with van der Waals surface area (Å²) in [5.74, 6) is 0.741. The monoisotopic (exact) mass is 204 g/mol. The summed E-state index contributed by atoms with van der Waals surface area (Å²) in [4.78, 5) is 6.04. The third-order valence-electron chi connectivity index (χ3n) is 1.93. The topological polar surface area (TPSA) is 40.5 Å². The molecule has 0 aliphatic heterocycles. The summed E-state index contributed by atoms with van der Waals surface area (Å²) < 4.78 is 0. The molecule has 0 amide bonds. The van der Waals surface area contributed by atoms with Gasteiger partial charge in [-0.15, -0.1) is 0 Å². The minimum atomic E-state index is 0.741. The van der Waals surface area contributed by atoms with Crippen molar-refractivity contribution >= 4 is 5.71 Å². The maximum Gasteiger partial charge on any atom is 0.114 e. The highest BCUT2D eigenvalue weighted by atomic mass is 15.4. The molecule has 0 radical (unpaired) electrons. The summed E-state index contributed by atoms with van der Waals surface area (Å²) in [6.45, 7) is 5.71. The van der Waals surface area contributed by atoms with Gasteiger partial charge in [-0.1, -0.05) is 12.6 Å². The molecule has 15 heavy (non-hydrogen) atoms. The summed E-state index contributed by atoms with van der Waals surface area (Å²) in [5, 5.41) is 4.18. The maximum atomic E-state index is 4.19. The van der Waals surface area contributed by atoms with Crippen LogP contribution in [0.3, 0.4) is 0 Å². The molecule has 0 fully saturated rings. The summed E-state index contributed by atoms with van der Waals surface area (Å²) in [6, 6.07) is 5.73. The van der Waals surface area contributed by atoms with Gasteiger partial charge in [0, 0.05) is 20.3 Å². The molecule has 1 heterocycles. The molecule has 0 aliphatic rings. The van der Waals surface area contributed by atoms with Gasteiger partial charge >= 0.3 is 0 Å². The Morgan fingerprint density at radius 1 is 1.47 bits per heavy atom. The first kappa shape index (κ1) is 11.2. The van der Waals surface area contributed by atoms with Gasteiger partial charge in [-0.3, -0.25) is 10.4 Å². The smallest absolute Gasteiger partial charge is 0.114 e. The molecule has 0 saturated heterocycles. The van der Waals surface area contributed by atoms with E-state index in [1.807, 2.05) is 44.1 Å². The van der Waals surface area contributed by atoms with Crippen molar-refractivity contribution in [2.24, 2.45) is 5.10 Å². The van der Waals surface area contributed by atoms with Crippen molar-refractivity contribution in [3.05, 3.63) is 42.5 Å². The fourth-order valence-electron chi connectivity index (χ4n) is 0.882. The van der Waals surface area contributed by atoms with Crippen molar-refractivity contribution in [1.29, 1.82) is 0 Å². The minimum absolute atomic E-state index is 0.741. The number of hydrogen-bond acceptors (Lipinski definition) is 4. The van der Waals surface area contributed by atoms with Gasteiger partial charge < -0.3 is 4.90 Å². The number of rotatable bonds is 4. The predicted molar refractivity (Wildman–Crippen MR) is 62.4 cm³/mol. The number of nitrogens with zero attached hydrogens (tertiary/aromatic N) is 3. The first-order valence-electron chi connectivity index (χ1n) is 4.69. The van der Waals surface area contributed by atoms with Gasteiger partial charge in [0.1, 0.15) is 5.82 Å². The van der Waals surface area contributed by atoms with Crippen molar-refractivity contribution in [3.8, 4) is 0 Å². The van der Waals surface area contributed by atoms with E-state index in [-0.39, 0.29) is 0 Å². The van der Waals surface area contributed by atoms with E-state index in [1.165, 1.54) is 0 Å². The molecule has 80 valence electrons. The zero-order valence-corrected chi connectivity index (χ0v) is 9.36. The molecule has 1 rings (SSSR count). The van der Waals surface area contributed by atoms with Crippen LogP contribution >= 0.6 is 0 Å². The Labute approximate surface area is 90.3 Å². The normalized spacial score (nSPS) is 11.0. The van der Waals surface area contributed by atoms with Crippen molar-refractivity contribution in [2.45, 2.75) is 6.92 Å². The Hall–Kier alpha value is -1.84. The van der Waals surface area contributed by atoms with E-state index in [2.05, 4.69) is 22.1 Å². The fourth-order valence-corrected chi connectivity index (χ4v) is 0.882. The molecule has 0 atom stereocenters. The summed E-state index contributed by atoms with van der Waals surface area (Å²) in [5.41, 5.74) is 4.55. The Balaban J connectivity index is 2.65. The Kier molecular flexibility index (Phi) is 3.85. The van der Waals surface area contributed by atoms with E-state index >= 15 is 0 Å². The Morgan fingerprint density at radius 2 is 2.20 bits per heavy atom. The number of hydrogen-bond donors (Lipinski definition) is 1. The van der Waals surface area contributed by atoms with Crippen molar-refractivity contribution in [1.82, 2.24) is 15.3 Å². The molecule has 0 saturated carbocycles. The molecule has 0 aromatic carbocycles. The summed E-state index contributed by atoms with van der Waals surface area (Å²) in [7, 11) is 3.81. The molecule has 1 aromatic heterocycles. The van der Waals surface area contributed by atoms with Crippen LogP contribution in [0.15, 0.2) is 41.9 Å². The van der Waals surface area contributed by atoms with E-state index in [4.69, 9.17) is 0 Å². The van der Waals surface area contributed by atoms with Crippen LogP contribution in [0.1, 0.15) is 12.6 Å². The van der Waals surface area contributed by atoms with Gasteiger partial charge in [-0.2, -0.15) is 5.10 Å². The van der Waals surface area contributed by atoms with Crippen LogP contribution in [0.4, 0.5) is 0 Å². The lowest BCUT2D eigenvalue weighted by atomic mass is 10.3. The Morgan fingerprint density at radius 3 is 2.73 bits per heavy atom. The largest absolute Gasteiger partial charge is 0.364 e. The second kappa shape index (κ2) is 5.14. The van der Waals surface area contributed by atoms with Crippen molar-refractivity contribution in [2.75, 3.05) is 14.1 Å². The van der Waals surface area contributed by atoms with Crippen molar-refractivity contribution in [3.63, 3.8) is 0 Å². The van der Waals surface area contributed by atoms with E-state index in [1.54, 1.807) is 6.20 Å². The lowest BCUT2D eigenvalue weighted by molar-refractivity contribution is 0.469. The highest BCUT2D eigenvalue weighted by Gasteiger charge is 1.98. The third-order valence-corrected chi connectivity index (χ3v) is 1.93. The molecule has 0 spiro atoms. The van der Waals surface area contributed by atoms with Crippen LogP contribution in [-0.2, 0) is 0 Å². The molecular weight excluding hydrogens is 188 g/mol. The molecule has 4 heteroatoms. The van der Waals surface area contributed by atoms with E-state index in [0.717, 1.165) is 17.2 Å². The summed E-state index contributed by atoms with van der Waals surface area (Å²) in [6.07, 6.45) is 1.75. The zero-order valence-electron chi connectivity index (χ0n) is 9.36.